The fourth-order valence-electron chi connectivity index (χ4n) is 1.84. The van der Waals surface area contributed by atoms with E-state index < -0.39 is 4.92 Å². The minimum absolute atomic E-state index is 0.197. The summed E-state index contributed by atoms with van der Waals surface area (Å²) in [5.74, 6) is 1.07. The van der Waals surface area contributed by atoms with Crippen LogP contribution in [0.25, 0.3) is 0 Å². The van der Waals surface area contributed by atoms with Gasteiger partial charge in [-0.15, -0.1) is 0 Å². The quantitative estimate of drug-likeness (QED) is 0.466. The Kier molecular flexibility index (Phi) is 4.47. The van der Waals surface area contributed by atoms with Gasteiger partial charge in [-0.05, 0) is 18.2 Å². The Balaban J connectivity index is 1.49. The molecule has 0 saturated heterocycles. The topological polar surface area (TPSA) is 130 Å². The maximum absolute atomic E-state index is 10.5. The van der Waals surface area contributed by atoms with Crippen LogP contribution in [0.4, 0.5) is 11.8 Å². The third-order valence-electron chi connectivity index (χ3n) is 2.91. The van der Waals surface area contributed by atoms with Gasteiger partial charge in [0.05, 0.1) is 24.6 Å². The van der Waals surface area contributed by atoms with Crippen molar-refractivity contribution in [2.24, 2.45) is 4.99 Å². The van der Waals surface area contributed by atoms with E-state index >= 15 is 0 Å². The number of aliphatic imine (C=N–C) groups is 1. The molecular formula is C14H14N6O4. The van der Waals surface area contributed by atoms with Gasteiger partial charge in [0.1, 0.15) is 10.7 Å². The Morgan fingerprint density at radius 3 is 3.00 bits per heavy atom. The smallest absolute Gasteiger partial charge is 0.434 e. The second-order valence-electron chi connectivity index (χ2n) is 4.62. The van der Waals surface area contributed by atoms with E-state index in [-0.39, 0.29) is 11.8 Å². The minimum atomic E-state index is -0.615. The second-order valence-corrected chi connectivity index (χ2v) is 4.62. The lowest BCUT2D eigenvalue weighted by atomic mass is 10.4. The first-order valence-corrected chi connectivity index (χ1v) is 6.94. The molecule has 10 heteroatoms. The summed E-state index contributed by atoms with van der Waals surface area (Å²) in [5, 5.41) is 16.7. The van der Waals surface area contributed by atoms with Gasteiger partial charge in [0.2, 0.25) is 11.8 Å². The summed E-state index contributed by atoms with van der Waals surface area (Å²) < 4.78 is 10.2. The molecule has 0 aromatic carbocycles. The lowest BCUT2D eigenvalue weighted by Gasteiger charge is -2.15. The first-order chi connectivity index (χ1) is 11.7. The number of rotatable bonds is 6. The van der Waals surface area contributed by atoms with E-state index in [0.717, 1.165) is 11.5 Å². The van der Waals surface area contributed by atoms with Crippen LogP contribution in [0.1, 0.15) is 5.76 Å². The first kappa shape index (κ1) is 15.2. The Hall–Kier alpha value is -3.69. The van der Waals surface area contributed by atoms with Crippen LogP contribution in [0.3, 0.4) is 0 Å². The van der Waals surface area contributed by atoms with Gasteiger partial charge in [0.15, 0.2) is 0 Å². The normalized spacial score (nSPS) is 14.8. The van der Waals surface area contributed by atoms with Crippen molar-refractivity contribution in [1.82, 2.24) is 16.1 Å². The van der Waals surface area contributed by atoms with Gasteiger partial charge in [-0.2, -0.15) is 0 Å². The van der Waals surface area contributed by atoms with Crippen LogP contribution in [0.15, 0.2) is 68.5 Å². The minimum Gasteiger partial charge on any atom is -0.467 e. The Bertz CT molecular complexity index is 790. The van der Waals surface area contributed by atoms with Crippen molar-refractivity contribution in [3.8, 4) is 0 Å². The third-order valence-corrected chi connectivity index (χ3v) is 2.91. The molecule has 0 atom stereocenters. The molecule has 124 valence electrons. The SMILES string of the molecule is O=[N+]([O-])c1ccc(NNC2=NC=CC(=CNCc3ccco3)N2)o1. The van der Waals surface area contributed by atoms with Crippen molar-refractivity contribution in [1.29, 1.82) is 0 Å². The third kappa shape index (κ3) is 3.94. The average Bonchev–Trinajstić information content (AvgIpc) is 3.25. The number of anilines is 1. The molecule has 3 heterocycles. The van der Waals surface area contributed by atoms with Crippen LogP contribution in [-0.4, -0.2) is 10.9 Å². The van der Waals surface area contributed by atoms with E-state index in [0.29, 0.717) is 12.5 Å². The Morgan fingerprint density at radius 2 is 2.25 bits per heavy atom. The predicted octanol–water partition coefficient (Wildman–Crippen LogP) is 1.80. The highest BCUT2D eigenvalue weighted by Gasteiger charge is 2.12. The fourth-order valence-corrected chi connectivity index (χ4v) is 1.84. The Labute approximate surface area is 136 Å². The summed E-state index contributed by atoms with van der Waals surface area (Å²) in [7, 11) is 0. The van der Waals surface area contributed by atoms with E-state index in [4.69, 9.17) is 8.83 Å². The summed E-state index contributed by atoms with van der Waals surface area (Å²) in [6.07, 6.45) is 6.76. The van der Waals surface area contributed by atoms with Gasteiger partial charge in [0.25, 0.3) is 0 Å². The second kappa shape index (κ2) is 7.05. The van der Waals surface area contributed by atoms with Crippen molar-refractivity contribution >= 4 is 17.7 Å². The molecule has 0 fully saturated rings. The molecule has 3 rings (SSSR count). The summed E-state index contributed by atoms with van der Waals surface area (Å²) in [4.78, 5) is 14.0. The molecule has 0 saturated carbocycles. The van der Waals surface area contributed by atoms with Crippen LogP contribution in [0, 0.1) is 10.1 Å². The maximum Gasteiger partial charge on any atom is 0.434 e. The standard InChI is InChI=1S/C14H14N6O4/c21-20(22)13-4-3-12(24-13)18-19-14-16-6-5-10(17-14)8-15-9-11-2-1-7-23-11/h1-8,15,18H,9H2,(H2,16,17,19). The monoisotopic (exact) mass is 330 g/mol. The maximum atomic E-state index is 10.5. The molecule has 0 amide bonds. The lowest BCUT2D eigenvalue weighted by Crippen LogP contribution is -2.40. The van der Waals surface area contributed by atoms with Crippen molar-refractivity contribution < 1.29 is 13.8 Å². The molecule has 24 heavy (non-hydrogen) atoms. The van der Waals surface area contributed by atoms with Crippen LogP contribution < -0.4 is 21.5 Å². The number of hydrogen-bond donors (Lipinski definition) is 4. The van der Waals surface area contributed by atoms with Crippen molar-refractivity contribution in [2.45, 2.75) is 6.54 Å². The van der Waals surface area contributed by atoms with E-state index in [1.54, 1.807) is 24.7 Å². The zero-order chi connectivity index (χ0) is 16.8. The lowest BCUT2D eigenvalue weighted by molar-refractivity contribution is -0.401. The highest BCUT2D eigenvalue weighted by Crippen LogP contribution is 2.18. The van der Waals surface area contributed by atoms with Crippen LogP contribution in [0.2, 0.25) is 0 Å². The molecule has 0 bridgehead atoms. The average molecular weight is 330 g/mol. The summed E-state index contributed by atoms with van der Waals surface area (Å²) in [5.41, 5.74) is 6.21. The van der Waals surface area contributed by atoms with E-state index in [2.05, 4.69) is 26.5 Å². The van der Waals surface area contributed by atoms with E-state index in [9.17, 15) is 10.1 Å². The van der Waals surface area contributed by atoms with Gasteiger partial charge in [-0.25, -0.2) is 4.99 Å². The number of furan rings is 2. The summed E-state index contributed by atoms with van der Waals surface area (Å²) in [6, 6.07) is 6.38. The van der Waals surface area contributed by atoms with Crippen molar-refractivity contribution in [3.05, 3.63) is 70.6 Å². The number of hydrazine groups is 1. The van der Waals surface area contributed by atoms with Crippen molar-refractivity contribution in [2.75, 3.05) is 5.43 Å². The largest absolute Gasteiger partial charge is 0.467 e. The molecule has 2 aromatic heterocycles. The molecule has 0 unspecified atom stereocenters. The molecule has 1 aliphatic rings. The molecule has 0 radical (unpaired) electrons. The number of hydrogen-bond acceptors (Lipinski definition) is 9. The first-order valence-electron chi connectivity index (χ1n) is 6.94. The highest BCUT2D eigenvalue weighted by atomic mass is 16.6. The molecular weight excluding hydrogens is 316 g/mol. The van der Waals surface area contributed by atoms with Crippen LogP contribution in [-0.2, 0) is 6.54 Å². The van der Waals surface area contributed by atoms with Gasteiger partial charge in [-0.3, -0.25) is 21.0 Å². The van der Waals surface area contributed by atoms with Gasteiger partial charge in [0, 0.05) is 18.5 Å². The number of allylic oxidation sites excluding steroid dienone is 1. The van der Waals surface area contributed by atoms with E-state index in [1.807, 2.05) is 12.1 Å². The number of nitro groups is 1. The van der Waals surface area contributed by atoms with E-state index in [1.165, 1.54) is 12.1 Å². The molecule has 0 aliphatic carbocycles. The highest BCUT2D eigenvalue weighted by molar-refractivity contribution is 5.84. The predicted molar refractivity (Wildman–Crippen MR) is 85.5 cm³/mol. The molecule has 1 aliphatic heterocycles. The summed E-state index contributed by atoms with van der Waals surface area (Å²) in [6.45, 7) is 0.556. The van der Waals surface area contributed by atoms with Gasteiger partial charge < -0.3 is 19.5 Å². The molecule has 4 N–H and O–H groups in total. The summed E-state index contributed by atoms with van der Waals surface area (Å²) >= 11 is 0. The number of nitrogens with zero attached hydrogens (tertiary/aromatic N) is 2. The fraction of sp³-hybridized carbons (Fsp3) is 0.0714. The van der Waals surface area contributed by atoms with Crippen LogP contribution in [0.5, 0.6) is 0 Å². The Morgan fingerprint density at radius 1 is 1.33 bits per heavy atom. The van der Waals surface area contributed by atoms with Crippen molar-refractivity contribution in [3.63, 3.8) is 0 Å². The molecule has 2 aromatic rings. The molecule has 0 spiro atoms. The van der Waals surface area contributed by atoms with Gasteiger partial charge >= 0.3 is 5.88 Å². The molecule has 10 nitrogen and oxygen atoms in total. The van der Waals surface area contributed by atoms with Gasteiger partial charge in [-0.1, -0.05) is 0 Å². The zero-order valence-corrected chi connectivity index (χ0v) is 12.4. The zero-order valence-electron chi connectivity index (χ0n) is 12.4. The number of nitrogens with one attached hydrogen (secondary N) is 4. The number of guanidine groups is 1. The van der Waals surface area contributed by atoms with Crippen LogP contribution >= 0.6 is 0 Å².